The van der Waals surface area contributed by atoms with Gasteiger partial charge in [-0.1, -0.05) is 17.7 Å². The van der Waals surface area contributed by atoms with Gasteiger partial charge in [0.1, 0.15) is 11.4 Å². The average molecular weight is 389 g/mol. The highest BCUT2D eigenvalue weighted by atomic mass is 35.5. The van der Waals surface area contributed by atoms with E-state index in [1.54, 1.807) is 35.2 Å². The minimum atomic E-state index is -0.446. The van der Waals surface area contributed by atoms with Gasteiger partial charge >= 0.3 is 6.03 Å². The molecule has 1 aliphatic rings. The van der Waals surface area contributed by atoms with Crippen molar-refractivity contribution in [2.24, 2.45) is 5.73 Å². The summed E-state index contributed by atoms with van der Waals surface area (Å²) in [6.07, 6.45) is 0. The number of carbonyl (C=O) groups is 2. The van der Waals surface area contributed by atoms with E-state index in [1.165, 1.54) is 7.11 Å². The number of nitrogens with one attached hydrogen (secondary N) is 1. The highest BCUT2D eigenvalue weighted by Gasteiger charge is 2.23. The first-order chi connectivity index (χ1) is 13.0. The maximum atomic E-state index is 12.6. The van der Waals surface area contributed by atoms with Gasteiger partial charge < -0.3 is 25.6 Å². The lowest BCUT2D eigenvalue weighted by Crippen LogP contribution is -2.50. The molecule has 0 bridgehead atoms. The standard InChI is InChI=1S/C19H21ClN4O3/c1-27-16-4-2-3-15(20)17(16)22-19(26)24-11-9-23(10-12-24)14-7-5-13(6-8-14)18(21)25/h2-8H,9-12H2,1H3,(H2,21,25)(H,22,26). The molecule has 142 valence electrons. The van der Waals surface area contributed by atoms with Gasteiger partial charge in [0.15, 0.2) is 0 Å². The Hall–Kier alpha value is -2.93. The van der Waals surface area contributed by atoms with Gasteiger partial charge in [-0.25, -0.2) is 4.79 Å². The second kappa shape index (κ2) is 8.18. The van der Waals surface area contributed by atoms with Crippen LogP contribution in [0.25, 0.3) is 0 Å². The van der Waals surface area contributed by atoms with Crippen molar-refractivity contribution in [3.05, 3.63) is 53.1 Å². The summed E-state index contributed by atoms with van der Waals surface area (Å²) < 4.78 is 5.26. The Balaban J connectivity index is 1.60. The summed E-state index contributed by atoms with van der Waals surface area (Å²) in [5, 5.41) is 3.26. The molecule has 0 spiro atoms. The van der Waals surface area contributed by atoms with Gasteiger partial charge in [-0.2, -0.15) is 0 Å². The van der Waals surface area contributed by atoms with Crippen LogP contribution in [-0.2, 0) is 0 Å². The molecule has 3 N–H and O–H groups in total. The number of piperazine rings is 1. The molecule has 3 rings (SSSR count). The van der Waals surface area contributed by atoms with Crippen LogP contribution in [0.1, 0.15) is 10.4 Å². The maximum Gasteiger partial charge on any atom is 0.322 e. The molecule has 8 heteroatoms. The van der Waals surface area contributed by atoms with E-state index in [0.29, 0.717) is 48.2 Å². The van der Waals surface area contributed by atoms with Crippen molar-refractivity contribution in [1.82, 2.24) is 4.90 Å². The van der Waals surface area contributed by atoms with Gasteiger partial charge in [-0.15, -0.1) is 0 Å². The summed E-state index contributed by atoms with van der Waals surface area (Å²) in [6, 6.07) is 12.1. The normalized spacial score (nSPS) is 14.0. The number of hydrogen-bond acceptors (Lipinski definition) is 4. The quantitative estimate of drug-likeness (QED) is 0.843. The van der Waals surface area contributed by atoms with Gasteiger partial charge in [0, 0.05) is 37.4 Å². The van der Waals surface area contributed by atoms with Gasteiger partial charge in [0.25, 0.3) is 0 Å². The van der Waals surface area contributed by atoms with Crippen molar-refractivity contribution in [2.75, 3.05) is 43.5 Å². The first-order valence-electron chi connectivity index (χ1n) is 8.53. The third-order valence-electron chi connectivity index (χ3n) is 4.51. The largest absolute Gasteiger partial charge is 0.495 e. The second-order valence-electron chi connectivity index (χ2n) is 6.13. The zero-order chi connectivity index (χ0) is 19.4. The summed E-state index contributed by atoms with van der Waals surface area (Å²) in [5.74, 6) is 0.0714. The van der Waals surface area contributed by atoms with Gasteiger partial charge in [-0.05, 0) is 36.4 Å². The van der Waals surface area contributed by atoms with Crippen LogP contribution in [-0.4, -0.2) is 50.1 Å². The number of halogens is 1. The first-order valence-corrected chi connectivity index (χ1v) is 8.90. The number of primary amides is 1. The third-order valence-corrected chi connectivity index (χ3v) is 4.83. The molecule has 2 aromatic carbocycles. The number of para-hydroxylation sites is 1. The molecule has 27 heavy (non-hydrogen) atoms. The molecular formula is C19H21ClN4O3. The minimum absolute atomic E-state index is 0.217. The zero-order valence-corrected chi connectivity index (χ0v) is 15.7. The molecule has 0 unspecified atom stereocenters. The van der Waals surface area contributed by atoms with Crippen molar-refractivity contribution < 1.29 is 14.3 Å². The molecule has 3 amide bonds. The lowest BCUT2D eigenvalue weighted by Gasteiger charge is -2.36. The molecule has 0 saturated carbocycles. The van der Waals surface area contributed by atoms with Crippen molar-refractivity contribution in [3.8, 4) is 5.75 Å². The van der Waals surface area contributed by atoms with Crippen LogP contribution in [0.3, 0.4) is 0 Å². The van der Waals surface area contributed by atoms with Crippen LogP contribution in [0.2, 0.25) is 5.02 Å². The number of anilines is 2. The fraction of sp³-hybridized carbons (Fsp3) is 0.263. The number of amides is 3. The van der Waals surface area contributed by atoms with Crippen LogP contribution in [0, 0.1) is 0 Å². The molecule has 1 saturated heterocycles. The molecule has 0 aromatic heterocycles. The number of ether oxygens (including phenoxy) is 1. The predicted octanol–water partition coefficient (Wildman–Crippen LogP) is 2.80. The molecule has 2 aromatic rings. The number of benzene rings is 2. The smallest absolute Gasteiger partial charge is 0.322 e. The van der Waals surface area contributed by atoms with Gasteiger partial charge in [0.05, 0.1) is 12.1 Å². The summed E-state index contributed by atoms with van der Waals surface area (Å²) >= 11 is 6.18. The monoisotopic (exact) mass is 388 g/mol. The van der Waals surface area contributed by atoms with Crippen molar-refractivity contribution in [2.45, 2.75) is 0 Å². The predicted molar refractivity (Wildman–Crippen MR) is 106 cm³/mol. The Morgan fingerprint density at radius 2 is 1.74 bits per heavy atom. The fourth-order valence-electron chi connectivity index (χ4n) is 2.99. The number of hydrogen-bond donors (Lipinski definition) is 2. The van der Waals surface area contributed by atoms with E-state index in [-0.39, 0.29) is 6.03 Å². The number of nitrogens with zero attached hydrogens (tertiary/aromatic N) is 2. The summed E-state index contributed by atoms with van der Waals surface area (Å²) in [6.45, 7) is 2.50. The zero-order valence-electron chi connectivity index (χ0n) is 14.9. The second-order valence-corrected chi connectivity index (χ2v) is 6.54. The summed E-state index contributed by atoms with van der Waals surface area (Å²) in [5.41, 5.74) is 7.21. The molecule has 1 aliphatic heterocycles. The molecule has 0 atom stereocenters. The maximum absolute atomic E-state index is 12.6. The van der Waals surface area contributed by atoms with Crippen LogP contribution < -0.4 is 20.7 Å². The summed E-state index contributed by atoms with van der Waals surface area (Å²) in [4.78, 5) is 27.6. The Labute approximate surface area is 162 Å². The Kier molecular flexibility index (Phi) is 5.71. The van der Waals surface area contributed by atoms with Crippen molar-refractivity contribution in [1.29, 1.82) is 0 Å². The van der Waals surface area contributed by atoms with Gasteiger partial charge in [0.2, 0.25) is 5.91 Å². The highest BCUT2D eigenvalue weighted by Crippen LogP contribution is 2.32. The Morgan fingerprint density at radius 1 is 1.07 bits per heavy atom. The SMILES string of the molecule is COc1cccc(Cl)c1NC(=O)N1CCN(c2ccc(C(N)=O)cc2)CC1. The highest BCUT2D eigenvalue weighted by molar-refractivity contribution is 6.34. The van der Waals surface area contributed by atoms with Crippen LogP contribution in [0.5, 0.6) is 5.75 Å². The lowest BCUT2D eigenvalue weighted by atomic mass is 10.1. The molecule has 7 nitrogen and oxygen atoms in total. The number of nitrogens with two attached hydrogens (primary N) is 1. The molecule has 1 fully saturated rings. The third kappa shape index (κ3) is 4.25. The minimum Gasteiger partial charge on any atom is -0.495 e. The van der Waals surface area contributed by atoms with Crippen molar-refractivity contribution in [3.63, 3.8) is 0 Å². The lowest BCUT2D eigenvalue weighted by molar-refractivity contribution is 0.1000. The molecule has 0 aliphatic carbocycles. The number of rotatable bonds is 4. The topological polar surface area (TPSA) is 87.9 Å². The summed E-state index contributed by atoms with van der Waals surface area (Å²) in [7, 11) is 1.53. The Bertz CT molecular complexity index is 833. The van der Waals surface area contributed by atoms with Crippen LogP contribution in [0.15, 0.2) is 42.5 Å². The molecule has 1 heterocycles. The van der Waals surface area contributed by atoms with E-state index < -0.39 is 5.91 Å². The van der Waals surface area contributed by atoms with E-state index in [4.69, 9.17) is 22.1 Å². The fourth-order valence-corrected chi connectivity index (χ4v) is 3.20. The first kappa shape index (κ1) is 18.8. The number of methoxy groups -OCH3 is 1. The average Bonchev–Trinajstić information content (AvgIpc) is 2.69. The molecule has 0 radical (unpaired) electrons. The Morgan fingerprint density at radius 3 is 2.33 bits per heavy atom. The van der Waals surface area contributed by atoms with E-state index in [2.05, 4.69) is 10.2 Å². The van der Waals surface area contributed by atoms with E-state index in [9.17, 15) is 9.59 Å². The van der Waals surface area contributed by atoms with Crippen LogP contribution >= 0.6 is 11.6 Å². The van der Waals surface area contributed by atoms with E-state index in [1.807, 2.05) is 12.1 Å². The van der Waals surface area contributed by atoms with E-state index in [0.717, 1.165) is 5.69 Å². The van der Waals surface area contributed by atoms with Crippen LogP contribution in [0.4, 0.5) is 16.2 Å². The van der Waals surface area contributed by atoms with E-state index >= 15 is 0 Å². The van der Waals surface area contributed by atoms with Crippen molar-refractivity contribution >= 4 is 34.9 Å². The molecular weight excluding hydrogens is 368 g/mol. The van der Waals surface area contributed by atoms with Gasteiger partial charge in [-0.3, -0.25) is 4.79 Å². The number of urea groups is 1. The number of carbonyl (C=O) groups excluding carboxylic acids is 2.